The molecule has 0 unspecified atom stereocenters. The molecule has 0 bridgehead atoms. The normalized spacial score (nSPS) is 16.9. The van der Waals surface area contributed by atoms with Crippen molar-refractivity contribution in [3.63, 3.8) is 0 Å². The zero-order chi connectivity index (χ0) is 19.3. The lowest BCUT2D eigenvalue weighted by Crippen LogP contribution is -2.42. The Kier molecular flexibility index (Phi) is 5.53. The maximum absolute atomic E-state index is 12.9. The number of piperidine rings is 1. The lowest BCUT2D eigenvalue weighted by atomic mass is 10.0. The van der Waals surface area contributed by atoms with Crippen LogP contribution in [0.2, 0.25) is 0 Å². The highest BCUT2D eigenvalue weighted by Gasteiger charge is 2.24. The number of carbonyl (C=O) groups excluding carboxylic acids is 1. The molecule has 0 aliphatic carbocycles. The molecule has 2 heterocycles. The van der Waals surface area contributed by atoms with E-state index in [0.717, 1.165) is 42.6 Å². The largest absolute Gasteiger partial charge is 0.380 e. The average molecular weight is 375 g/mol. The minimum Gasteiger partial charge on any atom is -0.380 e. The molecule has 2 aromatic carbocycles. The van der Waals surface area contributed by atoms with Crippen molar-refractivity contribution in [3.8, 4) is 11.1 Å². The molecule has 1 amide bonds. The van der Waals surface area contributed by atoms with Gasteiger partial charge in [0.25, 0.3) is 5.91 Å². The third kappa shape index (κ3) is 4.15. The van der Waals surface area contributed by atoms with E-state index in [2.05, 4.69) is 35.3 Å². The molecule has 1 aromatic heterocycles. The second-order valence-corrected chi connectivity index (χ2v) is 7.26. The van der Waals surface area contributed by atoms with Gasteiger partial charge in [-0.1, -0.05) is 36.4 Å². The van der Waals surface area contributed by atoms with Gasteiger partial charge in [0.15, 0.2) is 0 Å². The van der Waals surface area contributed by atoms with Gasteiger partial charge in [-0.15, -0.1) is 0 Å². The summed E-state index contributed by atoms with van der Waals surface area (Å²) in [7, 11) is 1.72. The van der Waals surface area contributed by atoms with Gasteiger partial charge < -0.3 is 14.2 Å². The van der Waals surface area contributed by atoms with E-state index < -0.39 is 0 Å². The van der Waals surface area contributed by atoms with Gasteiger partial charge in [0.1, 0.15) is 0 Å². The Hall–Kier alpha value is -2.92. The number of hydrogen-bond donors (Lipinski definition) is 0. The van der Waals surface area contributed by atoms with Crippen LogP contribution in [0.15, 0.2) is 67.3 Å². The van der Waals surface area contributed by atoms with Gasteiger partial charge >= 0.3 is 0 Å². The number of hydrogen-bond acceptors (Lipinski definition) is 3. The van der Waals surface area contributed by atoms with E-state index in [1.807, 2.05) is 40.2 Å². The topological polar surface area (TPSA) is 47.4 Å². The first-order chi connectivity index (χ1) is 13.7. The van der Waals surface area contributed by atoms with Crippen LogP contribution in [0.1, 0.15) is 28.8 Å². The number of methoxy groups -OCH3 is 1. The molecule has 3 aromatic rings. The molecule has 0 spiro atoms. The standard InChI is InChI=1S/C23H25N3O2/c1-28-22-6-3-12-26(16-22)23(27)21-5-2-4-20(14-21)19-9-7-18(8-10-19)15-25-13-11-24-17-25/h2,4-5,7-11,13-14,17,22H,3,6,12,15-16H2,1H3/t22-/m0/s1. The van der Waals surface area contributed by atoms with Gasteiger partial charge in [0, 0.05) is 44.7 Å². The minimum atomic E-state index is 0.0836. The van der Waals surface area contributed by atoms with Crippen molar-refractivity contribution in [2.75, 3.05) is 20.2 Å². The Bertz CT molecular complexity index is 919. The van der Waals surface area contributed by atoms with Crippen LogP contribution in [0, 0.1) is 0 Å². The Morgan fingerprint density at radius 1 is 1.18 bits per heavy atom. The number of nitrogens with zero attached hydrogens (tertiary/aromatic N) is 3. The first kappa shape index (κ1) is 18.4. The van der Waals surface area contributed by atoms with Crippen LogP contribution in [-0.4, -0.2) is 46.7 Å². The molecular formula is C23H25N3O2. The van der Waals surface area contributed by atoms with Crippen LogP contribution in [0.5, 0.6) is 0 Å². The second kappa shape index (κ2) is 8.40. The van der Waals surface area contributed by atoms with Crippen molar-refractivity contribution in [2.45, 2.75) is 25.5 Å². The highest BCUT2D eigenvalue weighted by molar-refractivity contribution is 5.95. The van der Waals surface area contributed by atoms with E-state index in [1.54, 1.807) is 13.3 Å². The Labute approximate surface area is 165 Å². The van der Waals surface area contributed by atoms with E-state index in [0.29, 0.717) is 6.54 Å². The third-order valence-electron chi connectivity index (χ3n) is 5.32. The number of amides is 1. The van der Waals surface area contributed by atoms with Gasteiger partial charge in [-0.3, -0.25) is 4.79 Å². The van der Waals surface area contributed by atoms with Crippen LogP contribution in [0.3, 0.4) is 0 Å². The maximum atomic E-state index is 12.9. The molecule has 28 heavy (non-hydrogen) atoms. The fourth-order valence-corrected chi connectivity index (χ4v) is 3.72. The quantitative estimate of drug-likeness (QED) is 0.681. The fraction of sp³-hybridized carbons (Fsp3) is 0.304. The van der Waals surface area contributed by atoms with Crippen LogP contribution >= 0.6 is 0 Å². The lowest BCUT2D eigenvalue weighted by molar-refractivity contribution is 0.0269. The van der Waals surface area contributed by atoms with Crippen molar-refractivity contribution in [1.82, 2.24) is 14.5 Å². The molecule has 0 N–H and O–H groups in total. The second-order valence-electron chi connectivity index (χ2n) is 7.26. The molecule has 1 fully saturated rings. The third-order valence-corrected chi connectivity index (χ3v) is 5.32. The monoisotopic (exact) mass is 375 g/mol. The molecule has 1 aliphatic heterocycles. The van der Waals surface area contributed by atoms with E-state index in [4.69, 9.17) is 4.74 Å². The molecule has 1 saturated heterocycles. The predicted octanol–water partition coefficient (Wildman–Crippen LogP) is 3.85. The Morgan fingerprint density at radius 2 is 2.04 bits per heavy atom. The van der Waals surface area contributed by atoms with E-state index >= 15 is 0 Å². The van der Waals surface area contributed by atoms with Gasteiger partial charge in [-0.25, -0.2) is 4.98 Å². The van der Waals surface area contributed by atoms with Crippen molar-refractivity contribution >= 4 is 5.91 Å². The van der Waals surface area contributed by atoms with Crippen LogP contribution < -0.4 is 0 Å². The first-order valence-electron chi connectivity index (χ1n) is 9.70. The number of likely N-dealkylation sites (tertiary alicyclic amines) is 1. The minimum absolute atomic E-state index is 0.0836. The molecular weight excluding hydrogens is 350 g/mol. The molecule has 144 valence electrons. The van der Waals surface area contributed by atoms with Gasteiger partial charge in [0.2, 0.25) is 0 Å². The predicted molar refractivity (Wildman–Crippen MR) is 109 cm³/mol. The summed E-state index contributed by atoms with van der Waals surface area (Å²) in [4.78, 5) is 18.9. The number of ether oxygens (including phenoxy) is 1. The van der Waals surface area contributed by atoms with E-state index in [-0.39, 0.29) is 12.0 Å². The molecule has 1 atom stereocenters. The highest BCUT2D eigenvalue weighted by atomic mass is 16.5. The number of imidazole rings is 1. The fourth-order valence-electron chi connectivity index (χ4n) is 3.72. The highest BCUT2D eigenvalue weighted by Crippen LogP contribution is 2.23. The van der Waals surface area contributed by atoms with Crippen molar-refractivity contribution < 1.29 is 9.53 Å². The van der Waals surface area contributed by atoms with Gasteiger partial charge in [-0.05, 0) is 41.7 Å². The summed E-state index contributed by atoms with van der Waals surface area (Å²) >= 11 is 0. The molecule has 0 radical (unpaired) electrons. The van der Waals surface area contributed by atoms with E-state index in [1.165, 1.54) is 5.56 Å². The molecule has 5 nitrogen and oxygen atoms in total. The van der Waals surface area contributed by atoms with Crippen LogP contribution in [0.4, 0.5) is 0 Å². The van der Waals surface area contributed by atoms with Gasteiger partial charge in [-0.2, -0.15) is 0 Å². The van der Waals surface area contributed by atoms with Crippen molar-refractivity contribution in [2.24, 2.45) is 0 Å². The SMILES string of the molecule is CO[C@H]1CCCN(C(=O)c2cccc(-c3ccc(Cn4ccnc4)cc3)c2)C1. The van der Waals surface area contributed by atoms with E-state index in [9.17, 15) is 4.79 Å². The number of carbonyl (C=O) groups is 1. The molecule has 4 rings (SSSR count). The zero-order valence-electron chi connectivity index (χ0n) is 16.1. The summed E-state index contributed by atoms with van der Waals surface area (Å²) in [5, 5.41) is 0. The summed E-state index contributed by atoms with van der Waals surface area (Å²) in [6.45, 7) is 2.27. The molecule has 0 saturated carbocycles. The summed E-state index contributed by atoms with van der Waals surface area (Å²) < 4.78 is 7.49. The number of benzene rings is 2. The smallest absolute Gasteiger partial charge is 0.253 e. The first-order valence-corrected chi connectivity index (χ1v) is 9.70. The zero-order valence-corrected chi connectivity index (χ0v) is 16.1. The molecule has 1 aliphatic rings. The molecule has 5 heteroatoms. The Morgan fingerprint density at radius 3 is 2.79 bits per heavy atom. The summed E-state index contributed by atoms with van der Waals surface area (Å²) in [6.07, 6.45) is 7.71. The van der Waals surface area contributed by atoms with Crippen LogP contribution in [-0.2, 0) is 11.3 Å². The maximum Gasteiger partial charge on any atom is 0.253 e. The Balaban J connectivity index is 1.49. The van der Waals surface area contributed by atoms with Crippen molar-refractivity contribution in [1.29, 1.82) is 0 Å². The summed E-state index contributed by atoms with van der Waals surface area (Å²) in [6, 6.07) is 16.4. The lowest BCUT2D eigenvalue weighted by Gasteiger charge is -2.32. The number of aromatic nitrogens is 2. The van der Waals surface area contributed by atoms with Crippen molar-refractivity contribution in [3.05, 3.63) is 78.4 Å². The van der Waals surface area contributed by atoms with Crippen LogP contribution in [0.25, 0.3) is 11.1 Å². The summed E-state index contributed by atoms with van der Waals surface area (Å²) in [5.41, 5.74) is 4.11. The van der Waals surface area contributed by atoms with Gasteiger partial charge in [0.05, 0.1) is 12.4 Å². The number of rotatable bonds is 5. The summed E-state index contributed by atoms with van der Waals surface area (Å²) in [5.74, 6) is 0.0836. The average Bonchev–Trinajstić information content (AvgIpc) is 3.27.